The highest BCUT2D eigenvalue weighted by Gasteiger charge is 2.61. The second kappa shape index (κ2) is 32.8. The molecule has 22 N–H and O–H groups in total. The minimum absolute atomic E-state index is 0.243. The Bertz CT molecular complexity index is 2270. The van der Waals surface area contributed by atoms with Gasteiger partial charge in [0.1, 0.15) is 146 Å². The van der Waals surface area contributed by atoms with Crippen molar-refractivity contribution in [1.29, 1.82) is 0 Å². The van der Waals surface area contributed by atoms with Gasteiger partial charge >= 0.3 is 0 Å². The van der Waals surface area contributed by atoms with Crippen molar-refractivity contribution in [2.75, 3.05) is 52.9 Å². The van der Waals surface area contributed by atoms with Crippen LogP contribution in [0.3, 0.4) is 0 Å². The summed E-state index contributed by atoms with van der Waals surface area (Å²) in [4.78, 5) is 61.6. The third kappa shape index (κ3) is 16.9. The van der Waals surface area contributed by atoms with Crippen LogP contribution in [0.15, 0.2) is 0 Å². The van der Waals surface area contributed by atoms with Crippen molar-refractivity contribution in [2.45, 2.75) is 223 Å². The van der Waals surface area contributed by atoms with Crippen LogP contribution in [0.4, 0.5) is 0 Å². The second-order valence-corrected chi connectivity index (χ2v) is 21.8. The van der Waals surface area contributed by atoms with Crippen molar-refractivity contribution < 1.29 is 178 Å². The molecule has 0 spiro atoms. The van der Waals surface area contributed by atoms with Crippen LogP contribution in [0.1, 0.15) is 27.2 Å². The van der Waals surface area contributed by atoms with E-state index in [1.54, 1.807) is 0 Å². The Morgan fingerprint density at radius 2 is 0.955 bits per heavy atom. The molecule has 0 aromatic carbocycles. The lowest BCUT2D eigenvalue weighted by Gasteiger charge is -2.53. The van der Waals surface area contributed by atoms with Gasteiger partial charge in [-0.3, -0.25) is 19.2 Å². The first-order valence-corrected chi connectivity index (χ1v) is 27.9. The highest BCUT2D eigenvalue weighted by atomic mass is 16.8. The normalized spacial score (nSPS) is 43.8. The van der Waals surface area contributed by atoms with Gasteiger partial charge in [0.2, 0.25) is 29.9 Å². The zero-order valence-corrected chi connectivity index (χ0v) is 47.7. The molecule has 0 aromatic rings. The molecule has 6 heterocycles. The maximum Gasteiger partial charge on any atom is 0.217 e. The fourth-order valence-electron chi connectivity index (χ4n) is 11.0. The molecule has 6 aliphatic rings. The van der Waals surface area contributed by atoms with Gasteiger partial charge in [-0.25, -0.2) is 0 Å². The molecule has 6 fully saturated rings. The van der Waals surface area contributed by atoms with Crippen molar-refractivity contribution in [3.05, 3.63) is 0 Å². The van der Waals surface area contributed by atoms with Gasteiger partial charge in [-0.1, -0.05) is 0 Å². The Labute approximate surface area is 504 Å². The maximum absolute atomic E-state index is 13.0. The first-order valence-electron chi connectivity index (χ1n) is 27.9. The highest BCUT2D eigenvalue weighted by molar-refractivity contribution is 5.75. The van der Waals surface area contributed by atoms with Crippen LogP contribution in [0.5, 0.6) is 0 Å². The number of amides is 4. The molecule has 40 heteroatoms. The van der Waals surface area contributed by atoms with E-state index in [0.29, 0.717) is 0 Å². The number of carbonyl (C=O) groups excluding carboxylic acids is 5. The maximum atomic E-state index is 13.0. The highest BCUT2D eigenvalue weighted by Crippen LogP contribution is 2.40. The molecule has 40 nitrogen and oxygen atoms in total. The van der Waals surface area contributed by atoms with E-state index in [0.717, 1.165) is 20.8 Å². The SMILES string of the molecule is CC(=O)N[C@H]1[C@H](O[C@@H]2[C@@H](O)[C@H](O[C@H]3[C@H](O)[C@@H](O)[C@H](OC[C@@H](CO)NC=O)O[C@@H]3CO)O[C@H](CO)[C@@H]2O[C@@H]2O[C@H](CO)[C@H](O)[C@H](O)[C@H]2NC(C)=O)O[C@H](CO)[C@H](O[C@@H]2O[C@H](CO)[C@H](O)[C@H](O[C@]3(C(=O)[O-])C[C@H](O)[C@@H](NC(C)=O)[C@H]([C@H](O)[C@H](O)CO)O3)[C@H]2O)[C@@H]1O. The van der Waals surface area contributed by atoms with Gasteiger partial charge in [-0.15, -0.1) is 0 Å². The number of aliphatic hydroxyl groups is 18. The number of aliphatic hydroxyl groups excluding tert-OH is 18. The first-order chi connectivity index (χ1) is 42.1. The zero-order valence-electron chi connectivity index (χ0n) is 47.7. The summed E-state index contributed by atoms with van der Waals surface area (Å²) in [6, 6.07) is -6.53. The Morgan fingerprint density at radius 3 is 1.46 bits per heavy atom. The van der Waals surface area contributed by atoms with Crippen LogP contribution >= 0.6 is 0 Å². The number of carboxylic acids is 1. The van der Waals surface area contributed by atoms with E-state index in [9.17, 15) is 121 Å². The summed E-state index contributed by atoms with van der Waals surface area (Å²) >= 11 is 0. The number of carbonyl (C=O) groups is 5. The predicted molar refractivity (Wildman–Crippen MR) is 272 cm³/mol. The summed E-state index contributed by atoms with van der Waals surface area (Å²) in [6.45, 7) is -5.06. The van der Waals surface area contributed by atoms with Gasteiger partial charge in [0.25, 0.3) is 0 Å². The number of carboxylic acid groups (broad SMARTS) is 1. The van der Waals surface area contributed by atoms with Gasteiger partial charge in [0.15, 0.2) is 31.5 Å². The lowest BCUT2D eigenvalue weighted by atomic mass is 9.88. The van der Waals surface area contributed by atoms with E-state index in [2.05, 4.69) is 21.3 Å². The van der Waals surface area contributed by atoms with Crippen LogP contribution in [-0.2, 0) is 80.8 Å². The van der Waals surface area contributed by atoms with Crippen LogP contribution in [-0.4, -0.2) is 371 Å². The van der Waals surface area contributed by atoms with E-state index >= 15 is 0 Å². The summed E-state index contributed by atoms with van der Waals surface area (Å²) < 4.78 is 70.0. The van der Waals surface area contributed by atoms with Crippen molar-refractivity contribution >= 4 is 30.1 Å². The summed E-state index contributed by atoms with van der Waals surface area (Å²) in [6.07, 6.45) is -57.5. The van der Waals surface area contributed by atoms with Crippen LogP contribution in [0.2, 0.25) is 0 Å². The average molecular weight is 1300 g/mol. The molecule has 0 saturated carbocycles. The molecule has 32 atom stereocenters. The van der Waals surface area contributed by atoms with Gasteiger partial charge in [-0.05, 0) is 0 Å². The van der Waals surface area contributed by atoms with E-state index in [1.807, 2.05) is 0 Å². The van der Waals surface area contributed by atoms with E-state index in [-0.39, 0.29) is 6.41 Å². The molecule has 6 aliphatic heterocycles. The minimum atomic E-state index is -3.36. The Kier molecular flexibility index (Phi) is 27.4. The summed E-state index contributed by atoms with van der Waals surface area (Å²) in [7, 11) is 0. The number of ether oxygens (including phenoxy) is 12. The van der Waals surface area contributed by atoms with Crippen molar-refractivity contribution in [2.24, 2.45) is 0 Å². The molecule has 0 bridgehead atoms. The van der Waals surface area contributed by atoms with Crippen molar-refractivity contribution in [3.63, 3.8) is 0 Å². The third-order valence-electron chi connectivity index (χ3n) is 15.6. The molecular formula is C49H81N4O36-. The quantitative estimate of drug-likeness (QED) is 0.0324. The largest absolute Gasteiger partial charge is 0.544 e. The smallest absolute Gasteiger partial charge is 0.217 e. The molecule has 6 rings (SSSR count). The number of aliphatic carboxylic acids is 1. The zero-order chi connectivity index (χ0) is 66.1. The topological polar surface area (TPSA) is 631 Å². The molecule has 89 heavy (non-hydrogen) atoms. The molecule has 514 valence electrons. The molecule has 0 aliphatic carbocycles. The number of rotatable bonds is 28. The fraction of sp³-hybridized carbons (Fsp3) is 0.898. The van der Waals surface area contributed by atoms with E-state index in [1.165, 1.54) is 0 Å². The summed E-state index contributed by atoms with van der Waals surface area (Å²) in [5.74, 6) is -8.41. The molecule has 0 radical (unpaired) electrons. The number of nitrogens with one attached hydrogen (secondary N) is 4. The Hall–Kier alpha value is -3.85. The first kappa shape index (κ1) is 74.2. The Morgan fingerprint density at radius 1 is 0.517 bits per heavy atom. The minimum Gasteiger partial charge on any atom is -0.544 e. The van der Waals surface area contributed by atoms with Crippen molar-refractivity contribution in [1.82, 2.24) is 21.3 Å². The van der Waals surface area contributed by atoms with E-state index in [4.69, 9.17) is 56.8 Å². The second-order valence-electron chi connectivity index (χ2n) is 21.8. The van der Waals surface area contributed by atoms with Crippen LogP contribution < -0.4 is 26.4 Å². The molecular weight excluding hydrogens is 1220 g/mol. The standard InChI is InChI=1S/C49H82N4O36/c1-14(62)51-25-18(65)4-49(48(76)77,88-40(25)28(67)19(66)6-55)89-41-30(69)21(8-57)80-46(35(41)74)84-37-22(9-58)81-44(27(32(37)71)53-16(3)64)87-42-36(75)47(85-38-23(10-59)82-45(34(73)33(38)72)78-12-17(5-54)50-13-61)83-24(11-60)39(42)86-43-26(52-15(2)63)31(70)29(68)20(7-56)79-43/h13,17-47,54-60,65-75H,4-12H2,1-3H3,(H,50,61)(H,51,62)(H,52,63)(H,53,64)(H,76,77)/p-1/t17-,18+,19-,20-,21-,22-,23-,24-,25-,26-,27-,28-,29+,30+,31-,32-,33-,34-,35-,36-,37+,38-,39+,40-,41+,42-,43+,44+,45-,46+,47+,49+/m1/s1. The summed E-state index contributed by atoms with van der Waals surface area (Å²) in [5, 5.41) is 219. The monoisotopic (exact) mass is 1300 g/mol. The number of hydrogen-bond donors (Lipinski definition) is 22. The predicted octanol–water partition coefficient (Wildman–Crippen LogP) is -16.7. The summed E-state index contributed by atoms with van der Waals surface area (Å²) in [5.41, 5.74) is 0. The van der Waals surface area contributed by atoms with E-state index < -0.39 is 279 Å². The lowest BCUT2D eigenvalue weighted by molar-refractivity contribution is -0.412. The average Bonchev–Trinajstić information content (AvgIpc) is 0.901. The van der Waals surface area contributed by atoms with Gasteiger partial charge in [0, 0.05) is 27.2 Å². The molecule has 0 aromatic heterocycles. The number of hydrogen-bond acceptors (Lipinski definition) is 36. The van der Waals surface area contributed by atoms with Gasteiger partial charge in [0.05, 0.1) is 71.0 Å². The van der Waals surface area contributed by atoms with Crippen LogP contribution in [0.25, 0.3) is 0 Å². The fourth-order valence-corrected chi connectivity index (χ4v) is 11.0. The van der Waals surface area contributed by atoms with Gasteiger partial charge in [-0.2, -0.15) is 0 Å². The van der Waals surface area contributed by atoms with Crippen molar-refractivity contribution in [3.8, 4) is 0 Å². The lowest BCUT2D eigenvalue weighted by Crippen LogP contribution is -2.72. The molecule has 6 saturated heterocycles. The van der Waals surface area contributed by atoms with Crippen LogP contribution in [0, 0.1) is 0 Å². The Balaban J connectivity index is 1.34. The molecule has 0 unspecified atom stereocenters. The van der Waals surface area contributed by atoms with Gasteiger partial charge < -0.3 is 180 Å². The molecule has 4 amide bonds. The third-order valence-corrected chi connectivity index (χ3v) is 15.6.